The van der Waals surface area contributed by atoms with E-state index in [1.54, 1.807) is 0 Å². The minimum Gasteiger partial charge on any atom is -0.0690 e. The zero-order valence-electron chi connectivity index (χ0n) is 5.50. The molecule has 0 atom stereocenters. The van der Waals surface area contributed by atoms with Crippen molar-refractivity contribution in [3.8, 4) is 0 Å². The minimum absolute atomic E-state index is 0.357. The molecule has 0 aromatic heterocycles. The minimum atomic E-state index is -0.364. The van der Waals surface area contributed by atoms with Crippen molar-refractivity contribution in [2.75, 3.05) is 0 Å². The van der Waals surface area contributed by atoms with Gasteiger partial charge in [-0.15, -0.1) is 0 Å². The quantitative estimate of drug-likeness (QED) is 0.448. The van der Waals surface area contributed by atoms with Gasteiger partial charge >= 0.3 is 0 Å². The van der Waals surface area contributed by atoms with E-state index >= 15 is 0 Å². The maximum atomic E-state index is 2.57. The molecule has 1 rings (SSSR count). The predicted octanol–water partition coefficient (Wildman–Crippen LogP) is 1.19. The van der Waals surface area contributed by atoms with E-state index < -0.39 is 0 Å². The first-order chi connectivity index (χ1) is 3.07. The van der Waals surface area contributed by atoms with Gasteiger partial charge in [-0.2, -0.15) is 0 Å². The van der Waals surface area contributed by atoms with E-state index in [1.165, 1.54) is 0 Å². The van der Waals surface area contributed by atoms with Crippen LogP contribution in [0.5, 0.6) is 0 Å². The summed E-state index contributed by atoms with van der Waals surface area (Å²) in [5.74, 6) is 0. The van der Waals surface area contributed by atoms with Crippen molar-refractivity contribution in [2.24, 2.45) is 0 Å². The lowest BCUT2D eigenvalue weighted by molar-refractivity contribution is 2.03. The molecule has 1 heterocycles. The first kappa shape index (κ1) is 5.78. The van der Waals surface area contributed by atoms with Crippen molar-refractivity contribution in [3.05, 3.63) is 0 Å². The van der Waals surface area contributed by atoms with Gasteiger partial charge in [0.25, 0.3) is 0 Å². The van der Waals surface area contributed by atoms with E-state index in [1.807, 2.05) is 0 Å². The maximum Gasteiger partial charge on any atom is 0.0582 e. The second kappa shape index (κ2) is 1.33. The average Bonchev–Trinajstić information content (AvgIpc) is 1.91. The van der Waals surface area contributed by atoms with Crippen LogP contribution in [0, 0.1) is 0 Å². The van der Waals surface area contributed by atoms with Gasteiger partial charge in [0.05, 0.1) is 7.11 Å². The van der Waals surface area contributed by atoms with Gasteiger partial charge in [-0.05, 0) is 14.8 Å². The van der Waals surface area contributed by atoms with Crippen LogP contribution in [0.3, 0.4) is 0 Å². The summed E-state index contributed by atoms with van der Waals surface area (Å²) in [6.07, 6.45) is 0. The highest BCUT2D eigenvalue weighted by Gasteiger charge is 2.40. The fourth-order valence-electron chi connectivity index (χ4n) is 0.875. The fourth-order valence-corrected chi connectivity index (χ4v) is 37.1. The Balaban J connectivity index is 2.69. The van der Waals surface area contributed by atoms with Crippen LogP contribution in [-0.4, -0.2) is 21.9 Å². The van der Waals surface area contributed by atoms with Gasteiger partial charge < -0.3 is 0 Å². The molecule has 1 aliphatic heterocycles. The average molecular weight is 144 g/mol. The van der Waals surface area contributed by atoms with Crippen LogP contribution in [0.1, 0.15) is 0 Å². The molecular formula is C4H12Si3. The second-order valence-electron chi connectivity index (χ2n) is 2.88. The molecule has 0 aliphatic carbocycles. The Kier molecular flexibility index (Phi) is 1.10. The molecule has 0 radical (unpaired) electrons. The Morgan fingerprint density at radius 1 is 1.00 bits per heavy atom. The van der Waals surface area contributed by atoms with Gasteiger partial charge in [-0.3, -0.25) is 0 Å². The Morgan fingerprint density at radius 2 is 1.14 bits per heavy atom. The van der Waals surface area contributed by atoms with E-state index in [0.29, 0.717) is 14.8 Å². The molecule has 0 saturated heterocycles. The van der Waals surface area contributed by atoms with Crippen molar-refractivity contribution in [2.45, 2.75) is 26.2 Å². The van der Waals surface area contributed by atoms with Crippen LogP contribution >= 0.6 is 0 Å². The van der Waals surface area contributed by atoms with Crippen molar-refractivity contribution < 1.29 is 0 Å². The molecule has 0 saturated carbocycles. The van der Waals surface area contributed by atoms with E-state index in [9.17, 15) is 0 Å². The fraction of sp³-hybridized carbons (Fsp3) is 1.00. The maximum absolute atomic E-state index is 2.57. The first-order valence-corrected chi connectivity index (χ1v) is 12.8. The number of hydrogen-bond acceptors (Lipinski definition) is 0. The molecule has 0 aromatic rings. The molecule has 3 heteroatoms. The van der Waals surface area contributed by atoms with Crippen LogP contribution in [0.15, 0.2) is 0 Å². The summed E-state index contributed by atoms with van der Waals surface area (Å²) in [6, 6.07) is 0. The first-order valence-electron chi connectivity index (χ1n) is 2.75. The van der Waals surface area contributed by atoms with Gasteiger partial charge in [0.15, 0.2) is 0 Å². The third-order valence-corrected chi connectivity index (χ3v) is 41.6. The molecule has 0 amide bonds. The van der Waals surface area contributed by atoms with Gasteiger partial charge in [-0.25, -0.2) is 0 Å². The van der Waals surface area contributed by atoms with Gasteiger partial charge in [0.1, 0.15) is 0 Å². The van der Waals surface area contributed by atoms with E-state index in [0.717, 1.165) is 0 Å². The Bertz CT molecular complexity index is 120. The Hall–Kier alpha value is 0.651. The van der Waals surface area contributed by atoms with Crippen LogP contribution in [-0.2, 0) is 0 Å². The van der Waals surface area contributed by atoms with Crippen molar-refractivity contribution in [1.82, 2.24) is 0 Å². The molecule has 0 spiro atoms. The number of rotatable bonds is 0. The van der Waals surface area contributed by atoms with E-state index in [2.05, 4.69) is 26.2 Å². The van der Waals surface area contributed by atoms with Crippen LogP contribution in [0.25, 0.3) is 0 Å². The van der Waals surface area contributed by atoms with Crippen molar-refractivity contribution in [3.63, 3.8) is 0 Å². The van der Waals surface area contributed by atoms with E-state index in [4.69, 9.17) is 0 Å². The standard InChI is InChI=1S/C4H12Si3/c1-5-6(2)7(5,3)4/h1-4H3. The van der Waals surface area contributed by atoms with Crippen molar-refractivity contribution in [1.29, 1.82) is 0 Å². The van der Waals surface area contributed by atoms with Crippen LogP contribution < -0.4 is 0 Å². The van der Waals surface area contributed by atoms with Crippen LogP contribution in [0.2, 0.25) is 26.2 Å². The molecule has 40 valence electrons. The Morgan fingerprint density at radius 3 is 1.14 bits per heavy atom. The van der Waals surface area contributed by atoms with Crippen LogP contribution in [0.4, 0.5) is 0 Å². The summed E-state index contributed by atoms with van der Waals surface area (Å²) >= 11 is 0. The van der Waals surface area contributed by atoms with Gasteiger partial charge in [0.2, 0.25) is 0 Å². The monoisotopic (exact) mass is 144 g/mol. The summed E-state index contributed by atoms with van der Waals surface area (Å²) in [7, 11) is 0.350. The molecule has 0 unspecified atom stereocenters. The zero-order valence-corrected chi connectivity index (χ0v) is 8.50. The summed E-state index contributed by atoms with van der Waals surface area (Å²) in [5.41, 5.74) is 0. The lowest BCUT2D eigenvalue weighted by Crippen LogP contribution is -2.18. The molecule has 0 aromatic carbocycles. The summed E-state index contributed by atoms with van der Waals surface area (Å²) in [6.45, 7) is 10.2. The smallest absolute Gasteiger partial charge is 0.0582 e. The van der Waals surface area contributed by atoms with Gasteiger partial charge in [0, 0.05) is 0 Å². The summed E-state index contributed by atoms with van der Waals surface area (Å²) in [5, 5.41) is 0. The summed E-state index contributed by atoms with van der Waals surface area (Å²) in [4.78, 5) is 0. The second-order valence-corrected chi connectivity index (χ2v) is 29.6. The summed E-state index contributed by atoms with van der Waals surface area (Å²) < 4.78 is 0. The highest BCUT2D eigenvalue weighted by Crippen LogP contribution is 2.16. The highest BCUT2D eigenvalue weighted by atomic mass is 30.0. The molecule has 0 bridgehead atoms. The molecule has 1 aliphatic rings. The molecule has 0 fully saturated rings. The zero-order chi connectivity index (χ0) is 5.65. The van der Waals surface area contributed by atoms with Crippen molar-refractivity contribution >= 4 is 21.9 Å². The SMILES string of the molecule is C[Si]1=[Si](C)[Si]1(C)C. The highest BCUT2D eigenvalue weighted by molar-refractivity contribution is 7.84. The van der Waals surface area contributed by atoms with Gasteiger partial charge in [-0.1, -0.05) is 26.2 Å². The largest absolute Gasteiger partial charge is 0.0690 e. The molecule has 7 heavy (non-hydrogen) atoms. The lowest BCUT2D eigenvalue weighted by atomic mass is 11.9. The lowest BCUT2D eigenvalue weighted by Gasteiger charge is -1.95. The number of hydrogen-bond donors (Lipinski definition) is 0. The third kappa shape index (κ3) is 0.670. The third-order valence-electron chi connectivity index (χ3n) is 2.38. The topological polar surface area (TPSA) is 0 Å². The Labute approximate surface area is 48.7 Å². The molecular weight excluding hydrogens is 132 g/mol. The molecule has 0 nitrogen and oxygen atoms in total. The molecule has 0 N–H and O–H groups in total. The normalized spacial score (nSPS) is 25.7. The predicted molar refractivity (Wildman–Crippen MR) is 40.7 cm³/mol. The van der Waals surface area contributed by atoms with E-state index in [-0.39, 0.29) is 7.11 Å².